The first kappa shape index (κ1) is 17.3. The molecule has 0 aliphatic carbocycles. The molecular formula is C18H20N4O2S. The van der Waals surface area contributed by atoms with Gasteiger partial charge in [-0.05, 0) is 37.6 Å². The van der Waals surface area contributed by atoms with Gasteiger partial charge in [0.25, 0.3) is 0 Å². The molecule has 0 aliphatic rings. The lowest BCUT2D eigenvalue weighted by atomic mass is 10.2. The SMILES string of the molecule is CCCNC(=O)CSc1nnc(-c2ccco2)n1-c1ccc(C)cc1. The van der Waals surface area contributed by atoms with E-state index < -0.39 is 0 Å². The number of carbonyl (C=O) groups is 1. The second-order valence-electron chi connectivity index (χ2n) is 5.59. The third kappa shape index (κ3) is 4.11. The lowest BCUT2D eigenvalue weighted by molar-refractivity contribution is -0.118. The summed E-state index contributed by atoms with van der Waals surface area (Å²) in [6.45, 7) is 4.75. The lowest BCUT2D eigenvalue weighted by Gasteiger charge is -2.09. The average Bonchev–Trinajstić information content (AvgIpc) is 3.28. The van der Waals surface area contributed by atoms with Crippen LogP contribution in [0.2, 0.25) is 0 Å². The van der Waals surface area contributed by atoms with Crippen molar-refractivity contribution in [3.8, 4) is 17.3 Å². The molecule has 0 saturated heterocycles. The van der Waals surface area contributed by atoms with Crippen LogP contribution in [0.1, 0.15) is 18.9 Å². The topological polar surface area (TPSA) is 73.0 Å². The Labute approximate surface area is 150 Å². The van der Waals surface area contributed by atoms with Crippen molar-refractivity contribution in [3.63, 3.8) is 0 Å². The van der Waals surface area contributed by atoms with Crippen molar-refractivity contribution in [1.82, 2.24) is 20.1 Å². The molecule has 130 valence electrons. The maximum absolute atomic E-state index is 11.9. The Balaban J connectivity index is 1.90. The van der Waals surface area contributed by atoms with Crippen LogP contribution in [0.15, 0.2) is 52.2 Å². The Bertz CT molecular complexity index is 825. The molecule has 1 aromatic carbocycles. The highest BCUT2D eigenvalue weighted by Gasteiger charge is 2.18. The van der Waals surface area contributed by atoms with E-state index in [0.29, 0.717) is 29.0 Å². The van der Waals surface area contributed by atoms with E-state index in [2.05, 4.69) is 15.5 Å². The van der Waals surface area contributed by atoms with Crippen LogP contribution in [0, 0.1) is 6.92 Å². The number of rotatable bonds is 7. The first-order chi connectivity index (χ1) is 12.2. The lowest BCUT2D eigenvalue weighted by Crippen LogP contribution is -2.25. The highest BCUT2D eigenvalue weighted by molar-refractivity contribution is 7.99. The minimum Gasteiger partial charge on any atom is -0.461 e. The zero-order valence-electron chi connectivity index (χ0n) is 14.2. The van der Waals surface area contributed by atoms with Gasteiger partial charge in [-0.3, -0.25) is 9.36 Å². The molecule has 3 aromatic rings. The van der Waals surface area contributed by atoms with Crippen LogP contribution in [-0.4, -0.2) is 33.0 Å². The van der Waals surface area contributed by atoms with Crippen LogP contribution in [0.3, 0.4) is 0 Å². The molecule has 7 heteroatoms. The van der Waals surface area contributed by atoms with Crippen molar-refractivity contribution in [3.05, 3.63) is 48.2 Å². The number of nitrogens with one attached hydrogen (secondary N) is 1. The first-order valence-electron chi connectivity index (χ1n) is 8.15. The molecular weight excluding hydrogens is 336 g/mol. The number of nitrogens with zero attached hydrogens (tertiary/aromatic N) is 3. The molecule has 2 aromatic heterocycles. The van der Waals surface area contributed by atoms with Gasteiger partial charge in [-0.2, -0.15) is 0 Å². The second-order valence-corrected chi connectivity index (χ2v) is 6.54. The quantitative estimate of drug-likeness (QED) is 0.656. The third-order valence-corrected chi connectivity index (χ3v) is 4.50. The summed E-state index contributed by atoms with van der Waals surface area (Å²) in [5, 5.41) is 12.0. The fourth-order valence-corrected chi connectivity index (χ4v) is 3.08. The Morgan fingerprint density at radius 1 is 1.24 bits per heavy atom. The number of hydrogen-bond acceptors (Lipinski definition) is 5. The maximum Gasteiger partial charge on any atom is 0.230 e. The molecule has 6 nitrogen and oxygen atoms in total. The van der Waals surface area contributed by atoms with E-state index in [9.17, 15) is 4.79 Å². The van der Waals surface area contributed by atoms with Gasteiger partial charge in [-0.25, -0.2) is 0 Å². The van der Waals surface area contributed by atoms with Gasteiger partial charge in [0.2, 0.25) is 11.7 Å². The number of aromatic nitrogens is 3. The Morgan fingerprint density at radius 3 is 2.72 bits per heavy atom. The number of thioether (sulfide) groups is 1. The van der Waals surface area contributed by atoms with Crippen molar-refractivity contribution in [2.45, 2.75) is 25.4 Å². The summed E-state index contributed by atoms with van der Waals surface area (Å²) in [6.07, 6.45) is 2.52. The molecule has 0 unspecified atom stereocenters. The predicted octanol–water partition coefficient (Wildman–Crippen LogP) is 3.45. The fourth-order valence-electron chi connectivity index (χ4n) is 2.30. The minimum absolute atomic E-state index is 0.00939. The molecule has 0 spiro atoms. The van der Waals surface area contributed by atoms with Crippen molar-refractivity contribution in [1.29, 1.82) is 0 Å². The zero-order valence-corrected chi connectivity index (χ0v) is 15.0. The van der Waals surface area contributed by atoms with E-state index >= 15 is 0 Å². The second kappa shape index (κ2) is 8.02. The summed E-state index contributed by atoms with van der Waals surface area (Å²) in [6, 6.07) is 11.7. The number of aryl methyl sites for hydroxylation is 1. The predicted molar refractivity (Wildman–Crippen MR) is 97.8 cm³/mol. The largest absolute Gasteiger partial charge is 0.461 e. The molecule has 0 saturated carbocycles. The fraction of sp³-hybridized carbons (Fsp3) is 0.278. The highest BCUT2D eigenvalue weighted by Crippen LogP contribution is 2.28. The van der Waals surface area contributed by atoms with Gasteiger partial charge in [-0.1, -0.05) is 36.4 Å². The van der Waals surface area contributed by atoms with E-state index in [1.165, 1.54) is 17.3 Å². The van der Waals surface area contributed by atoms with Gasteiger partial charge in [0.1, 0.15) is 0 Å². The molecule has 0 bridgehead atoms. The summed E-state index contributed by atoms with van der Waals surface area (Å²) in [7, 11) is 0. The standard InChI is InChI=1S/C18H20N4O2S/c1-3-10-19-16(23)12-25-18-21-20-17(15-5-4-11-24-15)22(18)14-8-6-13(2)7-9-14/h4-9,11H,3,10,12H2,1-2H3,(H,19,23). The molecule has 1 N–H and O–H groups in total. The minimum atomic E-state index is -0.00939. The maximum atomic E-state index is 11.9. The summed E-state index contributed by atoms with van der Waals surface area (Å²) in [5.74, 6) is 1.54. The average molecular weight is 356 g/mol. The van der Waals surface area contributed by atoms with Crippen LogP contribution >= 0.6 is 11.8 Å². The molecule has 0 fully saturated rings. The molecule has 0 radical (unpaired) electrons. The van der Waals surface area contributed by atoms with Crippen LogP contribution in [0.25, 0.3) is 17.3 Å². The van der Waals surface area contributed by atoms with Crippen molar-refractivity contribution >= 4 is 17.7 Å². The monoisotopic (exact) mass is 356 g/mol. The normalized spacial score (nSPS) is 10.8. The first-order valence-corrected chi connectivity index (χ1v) is 9.13. The van der Waals surface area contributed by atoms with Crippen molar-refractivity contribution < 1.29 is 9.21 Å². The molecule has 3 rings (SSSR count). The van der Waals surface area contributed by atoms with Crippen LogP contribution < -0.4 is 5.32 Å². The summed E-state index contributed by atoms with van der Waals surface area (Å²) in [4.78, 5) is 11.9. The van der Waals surface area contributed by atoms with E-state index in [1.807, 2.05) is 54.8 Å². The molecule has 2 heterocycles. The highest BCUT2D eigenvalue weighted by atomic mass is 32.2. The van der Waals surface area contributed by atoms with Crippen molar-refractivity contribution in [2.24, 2.45) is 0 Å². The number of amides is 1. The smallest absolute Gasteiger partial charge is 0.230 e. The Morgan fingerprint density at radius 2 is 2.04 bits per heavy atom. The molecule has 1 amide bonds. The Kier molecular flexibility index (Phi) is 5.55. The zero-order chi connectivity index (χ0) is 17.6. The van der Waals surface area contributed by atoms with Gasteiger partial charge in [0.15, 0.2) is 10.9 Å². The van der Waals surface area contributed by atoms with Gasteiger partial charge in [0, 0.05) is 12.2 Å². The number of furan rings is 1. The van der Waals surface area contributed by atoms with Gasteiger partial charge in [-0.15, -0.1) is 10.2 Å². The molecule has 0 atom stereocenters. The summed E-state index contributed by atoms with van der Waals surface area (Å²) >= 11 is 1.36. The Hall–Kier alpha value is -2.54. The number of carbonyl (C=O) groups excluding carboxylic acids is 1. The van der Waals surface area contributed by atoms with E-state index in [1.54, 1.807) is 6.26 Å². The van der Waals surface area contributed by atoms with E-state index in [-0.39, 0.29) is 5.91 Å². The van der Waals surface area contributed by atoms with Gasteiger partial charge >= 0.3 is 0 Å². The van der Waals surface area contributed by atoms with E-state index in [0.717, 1.165) is 12.1 Å². The van der Waals surface area contributed by atoms with Crippen LogP contribution in [-0.2, 0) is 4.79 Å². The van der Waals surface area contributed by atoms with Crippen LogP contribution in [0.4, 0.5) is 0 Å². The summed E-state index contributed by atoms with van der Waals surface area (Å²) < 4.78 is 7.40. The molecule has 0 aliphatic heterocycles. The summed E-state index contributed by atoms with van der Waals surface area (Å²) in [5.41, 5.74) is 2.10. The number of hydrogen-bond donors (Lipinski definition) is 1. The van der Waals surface area contributed by atoms with Crippen LogP contribution in [0.5, 0.6) is 0 Å². The van der Waals surface area contributed by atoms with Crippen molar-refractivity contribution in [2.75, 3.05) is 12.3 Å². The van der Waals surface area contributed by atoms with E-state index in [4.69, 9.17) is 4.42 Å². The third-order valence-electron chi connectivity index (χ3n) is 3.57. The van der Waals surface area contributed by atoms with Gasteiger partial charge in [0.05, 0.1) is 12.0 Å². The van der Waals surface area contributed by atoms with Gasteiger partial charge < -0.3 is 9.73 Å². The molecule has 25 heavy (non-hydrogen) atoms. The number of benzene rings is 1.